The van der Waals surface area contributed by atoms with Gasteiger partial charge in [-0.3, -0.25) is 14.6 Å². The first kappa shape index (κ1) is 20.5. The fraction of sp³-hybridized carbons (Fsp3) is 0.368. The normalized spacial score (nSPS) is 14.3. The molecule has 0 spiro atoms. The molecule has 0 bridgehead atoms. The van der Waals surface area contributed by atoms with Crippen LogP contribution in [0.25, 0.3) is 0 Å². The van der Waals surface area contributed by atoms with Crippen LogP contribution in [0.3, 0.4) is 0 Å². The zero-order valence-corrected chi connectivity index (χ0v) is 15.2. The molecule has 0 fully saturated rings. The summed E-state index contributed by atoms with van der Waals surface area (Å²) in [6, 6.07) is 8.19. The van der Waals surface area contributed by atoms with Crippen molar-refractivity contribution in [2.24, 2.45) is 5.92 Å². The van der Waals surface area contributed by atoms with Gasteiger partial charge in [-0.25, -0.2) is 4.98 Å². The van der Waals surface area contributed by atoms with Gasteiger partial charge >= 0.3 is 0 Å². The summed E-state index contributed by atoms with van der Waals surface area (Å²) in [4.78, 5) is 32.7. The number of hydrogen-bond acceptors (Lipinski definition) is 6. The molecule has 8 heteroatoms. The number of benzene rings is 1. The van der Waals surface area contributed by atoms with Crippen molar-refractivity contribution in [3.63, 3.8) is 0 Å². The molecule has 0 radical (unpaired) electrons. The van der Waals surface area contributed by atoms with E-state index < -0.39 is 30.2 Å². The molecule has 1 heterocycles. The monoisotopic (exact) mass is 372 g/mol. The molecule has 2 rings (SSSR count). The predicted octanol–water partition coefficient (Wildman–Crippen LogP) is 0.269. The molecule has 0 saturated heterocycles. The maximum atomic E-state index is 12.6. The van der Waals surface area contributed by atoms with Crippen molar-refractivity contribution < 1.29 is 19.8 Å². The van der Waals surface area contributed by atoms with E-state index in [-0.39, 0.29) is 18.0 Å². The number of aliphatic hydroxyl groups is 2. The van der Waals surface area contributed by atoms with Crippen LogP contribution in [0, 0.1) is 5.92 Å². The van der Waals surface area contributed by atoms with Crippen molar-refractivity contribution in [2.75, 3.05) is 0 Å². The minimum Gasteiger partial charge on any atom is -0.388 e. The van der Waals surface area contributed by atoms with E-state index >= 15 is 0 Å². The lowest BCUT2D eigenvalue weighted by atomic mass is 10.0. The molecule has 1 aromatic heterocycles. The Hall–Kier alpha value is -2.84. The topological polar surface area (TPSA) is 124 Å². The number of hydrogen-bond donors (Lipinski definition) is 4. The van der Waals surface area contributed by atoms with Crippen LogP contribution in [-0.2, 0) is 11.2 Å². The van der Waals surface area contributed by atoms with E-state index in [2.05, 4.69) is 20.6 Å². The molecule has 2 aromatic rings. The lowest BCUT2D eigenvalue weighted by Crippen LogP contribution is -2.54. The maximum Gasteiger partial charge on any atom is 0.272 e. The van der Waals surface area contributed by atoms with Gasteiger partial charge in [-0.05, 0) is 11.5 Å². The Kier molecular flexibility index (Phi) is 7.39. The highest BCUT2D eigenvalue weighted by molar-refractivity contribution is 5.96. The SMILES string of the molecule is CC(C)[C@H](O)[C@H](O)NC(=O)[C@H](Cc1ccccc1)NC(=O)c1cnccn1. The quantitative estimate of drug-likeness (QED) is 0.493. The first-order valence-corrected chi connectivity index (χ1v) is 8.65. The van der Waals surface area contributed by atoms with E-state index in [0.717, 1.165) is 5.56 Å². The van der Waals surface area contributed by atoms with Crippen LogP contribution in [-0.4, -0.2) is 50.4 Å². The molecule has 0 unspecified atom stereocenters. The average molecular weight is 372 g/mol. The van der Waals surface area contributed by atoms with Crippen molar-refractivity contribution in [1.82, 2.24) is 20.6 Å². The fourth-order valence-corrected chi connectivity index (χ4v) is 2.40. The Morgan fingerprint density at radius 1 is 1.07 bits per heavy atom. The largest absolute Gasteiger partial charge is 0.388 e. The molecule has 0 saturated carbocycles. The van der Waals surface area contributed by atoms with E-state index in [4.69, 9.17) is 0 Å². The second kappa shape index (κ2) is 9.75. The van der Waals surface area contributed by atoms with Gasteiger partial charge in [-0.1, -0.05) is 44.2 Å². The molecular formula is C19H24N4O4. The first-order valence-electron chi connectivity index (χ1n) is 8.65. The van der Waals surface area contributed by atoms with Crippen LogP contribution in [0.4, 0.5) is 0 Å². The third-order valence-electron chi connectivity index (χ3n) is 4.00. The molecule has 8 nitrogen and oxygen atoms in total. The molecule has 4 N–H and O–H groups in total. The van der Waals surface area contributed by atoms with Gasteiger partial charge in [0.25, 0.3) is 5.91 Å². The number of rotatable bonds is 8. The molecule has 1 aromatic carbocycles. The summed E-state index contributed by atoms with van der Waals surface area (Å²) in [7, 11) is 0. The lowest BCUT2D eigenvalue weighted by molar-refractivity contribution is -0.129. The summed E-state index contributed by atoms with van der Waals surface area (Å²) >= 11 is 0. The van der Waals surface area contributed by atoms with Crippen LogP contribution in [0.15, 0.2) is 48.9 Å². The number of nitrogens with zero attached hydrogens (tertiary/aromatic N) is 2. The van der Waals surface area contributed by atoms with Crippen LogP contribution >= 0.6 is 0 Å². The predicted molar refractivity (Wildman–Crippen MR) is 98.4 cm³/mol. The number of carbonyl (C=O) groups excluding carboxylic acids is 2. The molecule has 2 amide bonds. The summed E-state index contributed by atoms with van der Waals surface area (Å²) in [5, 5.41) is 24.9. The molecule has 27 heavy (non-hydrogen) atoms. The van der Waals surface area contributed by atoms with Gasteiger partial charge in [0.15, 0.2) is 6.23 Å². The zero-order chi connectivity index (χ0) is 19.8. The minimum atomic E-state index is -1.44. The summed E-state index contributed by atoms with van der Waals surface area (Å²) in [6.45, 7) is 3.44. The second-order valence-corrected chi connectivity index (χ2v) is 6.49. The second-order valence-electron chi connectivity index (χ2n) is 6.49. The molecule has 3 atom stereocenters. The highest BCUT2D eigenvalue weighted by atomic mass is 16.3. The van der Waals surface area contributed by atoms with Crippen molar-refractivity contribution in [2.45, 2.75) is 38.6 Å². The molecule has 0 aliphatic carbocycles. The Morgan fingerprint density at radius 2 is 1.78 bits per heavy atom. The highest BCUT2D eigenvalue weighted by Gasteiger charge is 2.27. The van der Waals surface area contributed by atoms with Crippen LogP contribution in [0.2, 0.25) is 0 Å². The van der Waals surface area contributed by atoms with E-state index in [9.17, 15) is 19.8 Å². The fourth-order valence-electron chi connectivity index (χ4n) is 2.40. The number of carbonyl (C=O) groups is 2. The molecule has 0 aliphatic heterocycles. The Balaban J connectivity index is 2.13. The number of nitrogens with one attached hydrogen (secondary N) is 2. The van der Waals surface area contributed by atoms with Crippen molar-refractivity contribution in [3.8, 4) is 0 Å². The van der Waals surface area contributed by atoms with Gasteiger partial charge in [-0.15, -0.1) is 0 Å². The van der Waals surface area contributed by atoms with E-state index in [1.165, 1.54) is 18.6 Å². The van der Waals surface area contributed by atoms with Gasteiger partial charge < -0.3 is 20.8 Å². The summed E-state index contributed by atoms with van der Waals surface area (Å²) in [6.07, 6.45) is 1.76. The maximum absolute atomic E-state index is 12.6. The minimum absolute atomic E-state index is 0.0751. The number of aromatic nitrogens is 2. The Morgan fingerprint density at radius 3 is 2.37 bits per heavy atom. The third-order valence-corrected chi connectivity index (χ3v) is 4.00. The Bertz CT molecular complexity index is 740. The van der Waals surface area contributed by atoms with Crippen LogP contribution < -0.4 is 10.6 Å². The first-order chi connectivity index (χ1) is 12.9. The van der Waals surface area contributed by atoms with Crippen LogP contribution in [0.5, 0.6) is 0 Å². The van der Waals surface area contributed by atoms with Gasteiger partial charge in [0.05, 0.1) is 6.20 Å². The summed E-state index contributed by atoms with van der Waals surface area (Å²) in [5.41, 5.74) is 0.905. The van der Waals surface area contributed by atoms with Gasteiger partial charge in [-0.2, -0.15) is 0 Å². The standard InChI is InChI=1S/C19H24N4O4/c1-12(2)16(24)19(27)23-17(25)14(10-13-6-4-3-5-7-13)22-18(26)15-11-20-8-9-21-15/h3-9,11-12,14,16,19,24,27H,10H2,1-2H3,(H,22,26)(H,23,25)/t14-,16-,19-/m0/s1. The smallest absolute Gasteiger partial charge is 0.272 e. The Labute approximate surface area is 157 Å². The van der Waals surface area contributed by atoms with Gasteiger partial charge in [0.2, 0.25) is 5.91 Å². The number of amides is 2. The van der Waals surface area contributed by atoms with E-state index in [1.54, 1.807) is 13.8 Å². The van der Waals surface area contributed by atoms with Gasteiger partial charge in [0.1, 0.15) is 17.8 Å². The molecule has 144 valence electrons. The highest BCUT2D eigenvalue weighted by Crippen LogP contribution is 2.07. The number of aliphatic hydroxyl groups excluding tert-OH is 2. The molecular weight excluding hydrogens is 348 g/mol. The van der Waals surface area contributed by atoms with E-state index in [1.807, 2.05) is 30.3 Å². The molecule has 0 aliphatic rings. The zero-order valence-electron chi connectivity index (χ0n) is 15.2. The lowest BCUT2D eigenvalue weighted by Gasteiger charge is -2.25. The summed E-state index contributed by atoms with van der Waals surface area (Å²) < 4.78 is 0. The summed E-state index contributed by atoms with van der Waals surface area (Å²) in [5.74, 6) is -1.41. The van der Waals surface area contributed by atoms with Crippen molar-refractivity contribution in [3.05, 3.63) is 60.2 Å². The van der Waals surface area contributed by atoms with Crippen molar-refractivity contribution >= 4 is 11.8 Å². The van der Waals surface area contributed by atoms with Gasteiger partial charge in [0, 0.05) is 18.8 Å². The van der Waals surface area contributed by atoms with E-state index in [0.29, 0.717) is 0 Å². The van der Waals surface area contributed by atoms with Crippen LogP contribution in [0.1, 0.15) is 29.9 Å². The van der Waals surface area contributed by atoms with Crippen molar-refractivity contribution in [1.29, 1.82) is 0 Å². The average Bonchev–Trinajstić information content (AvgIpc) is 2.68. The third kappa shape index (κ3) is 6.12.